The minimum absolute atomic E-state index is 0.189. The second-order valence-electron chi connectivity index (χ2n) is 6.78. The Hall–Kier alpha value is -3.26. The van der Waals surface area contributed by atoms with Gasteiger partial charge >= 0.3 is 5.97 Å². The second kappa shape index (κ2) is 8.23. The Morgan fingerprint density at radius 3 is 2.70 bits per heavy atom. The number of esters is 1. The summed E-state index contributed by atoms with van der Waals surface area (Å²) in [6.45, 7) is 6.50. The highest BCUT2D eigenvalue weighted by molar-refractivity contribution is 7.07. The number of thiazole rings is 1. The molecule has 0 amide bonds. The molecule has 0 saturated carbocycles. The van der Waals surface area contributed by atoms with Crippen LogP contribution in [0.1, 0.15) is 38.1 Å². The monoisotopic (exact) mass is 422 g/mol. The number of nitrogens with zero attached hydrogens (tertiary/aromatic N) is 4. The first-order valence-corrected chi connectivity index (χ1v) is 10.6. The van der Waals surface area contributed by atoms with Crippen LogP contribution in [-0.2, 0) is 16.1 Å². The number of aromatic nitrogens is 3. The Bertz CT molecular complexity index is 1300. The average molecular weight is 423 g/mol. The van der Waals surface area contributed by atoms with Gasteiger partial charge in [0.25, 0.3) is 5.56 Å². The molecule has 1 aromatic carbocycles. The predicted octanol–water partition coefficient (Wildman–Crippen LogP) is 2.01. The fourth-order valence-corrected chi connectivity index (χ4v) is 4.64. The molecule has 0 aliphatic carbocycles. The van der Waals surface area contributed by atoms with E-state index in [1.165, 1.54) is 11.3 Å². The molecule has 1 unspecified atom stereocenters. The molecule has 0 saturated heterocycles. The van der Waals surface area contributed by atoms with Crippen molar-refractivity contribution in [1.29, 1.82) is 0 Å². The molecule has 4 rings (SSSR count). The van der Waals surface area contributed by atoms with E-state index in [4.69, 9.17) is 4.74 Å². The summed E-state index contributed by atoms with van der Waals surface area (Å²) in [5.74, 6) is -0.453. The zero-order valence-corrected chi connectivity index (χ0v) is 17.8. The Balaban J connectivity index is 1.96. The van der Waals surface area contributed by atoms with Gasteiger partial charge in [0.1, 0.15) is 0 Å². The van der Waals surface area contributed by atoms with Crippen LogP contribution in [0.15, 0.2) is 63.7 Å². The predicted molar refractivity (Wildman–Crippen MR) is 115 cm³/mol. The maximum Gasteiger partial charge on any atom is 0.338 e. The fourth-order valence-electron chi connectivity index (χ4n) is 3.61. The summed E-state index contributed by atoms with van der Waals surface area (Å²) in [5.41, 5.74) is 2.45. The highest BCUT2D eigenvalue weighted by Gasteiger charge is 2.33. The first-order valence-electron chi connectivity index (χ1n) is 9.81. The molecular weight excluding hydrogens is 400 g/mol. The van der Waals surface area contributed by atoms with Gasteiger partial charge in [0, 0.05) is 12.7 Å². The maximum atomic E-state index is 13.4. The summed E-state index contributed by atoms with van der Waals surface area (Å²) in [4.78, 5) is 31.4. The molecule has 7 nitrogen and oxygen atoms in total. The molecule has 3 aromatic rings. The van der Waals surface area contributed by atoms with E-state index < -0.39 is 12.0 Å². The summed E-state index contributed by atoms with van der Waals surface area (Å²) < 4.78 is 9.25. The van der Waals surface area contributed by atoms with Gasteiger partial charge in [-0.05, 0) is 38.5 Å². The van der Waals surface area contributed by atoms with Crippen molar-refractivity contribution in [3.05, 3.63) is 84.8 Å². The van der Waals surface area contributed by atoms with Crippen molar-refractivity contribution in [3.8, 4) is 0 Å². The zero-order chi connectivity index (χ0) is 21.3. The molecule has 1 aliphatic heterocycles. The third-order valence-electron chi connectivity index (χ3n) is 4.96. The quantitative estimate of drug-likeness (QED) is 0.590. The molecule has 0 radical (unpaired) electrons. The van der Waals surface area contributed by atoms with Crippen molar-refractivity contribution >= 4 is 23.4 Å². The largest absolute Gasteiger partial charge is 0.463 e. The van der Waals surface area contributed by atoms with E-state index in [2.05, 4.69) is 10.1 Å². The number of hydrogen-bond donors (Lipinski definition) is 0. The first kappa shape index (κ1) is 20.0. The minimum Gasteiger partial charge on any atom is -0.463 e. The molecular formula is C22H22N4O3S. The minimum atomic E-state index is -0.584. The number of hydrogen-bond acceptors (Lipinski definition) is 6. The lowest BCUT2D eigenvalue weighted by Crippen LogP contribution is -2.40. The number of allylic oxidation sites excluding steroid dienone is 1. The smallest absolute Gasteiger partial charge is 0.338 e. The fraction of sp³-hybridized carbons (Fsp3) is 0.273. The van der Waals surface area contributed by atoms with Crippen LogP contribution in [0.25, 0.3) is 6.08 Å². The van der Waals surface area contributed by atoms with Gasteiger partial charge in [0.15, 0.2) is 4.80 Å². The van der Waals surface area contributed by atoms with E-state index in [9.17, 15) is 9.59 Å². The second-order valence-corrected chi connectivity index (χ2v) is 7.79. The normalized spacial score (nSPS) is 16.4. The van der Waals surface area contributed by atoms with E-state index >= 15 is 0 Å². The standard InChI is InChI=1S/C22H22N4O3S/c1-4-25-16(11-12-23-25)13-17-20(27)26-19(15-9-7-6-8-10-15)18(21(28)29-5-2)14(3)24-22(26)30-17/h6-13,19H,4-5H2,1-3H3/b17-13+. The van der Waals surface area contributed by atoms with Crippen molar-refractivity contribution in [1.82, 2.24) is 14.3 Å². The van der Waals surface area contributed by atoms with Gasteiger partial charge < -0.3 is 4.74 Å². The van der Waals surface area contributed by atoms with Crippen LogP contribution in [-0.4, -0.2) is 26.9 Å². The Morgan fingerprint density at radius 2 is 2.00 bits per heavy atom. The Labute approximate surface area is 177 Å². The molecule has 154 valence electrons. The first-order chi connectivity index (χ1) is 14.5. The summed E-state index contributed by atoms with van der Waals surface area (Å²) in [7, 11) is 0. The molecule has 0 fully saturated rings. The summed E-state index contributed by atoms with van der Waals surface area (Å²) >= 11 is 1.31. The third kappa shape index (κ3) is 3.43. The van der Waals surface area contributed by atoms with E-state index in [1.54, 1.807) is 24.6 Å². The van der Waals surface area contributed by atoms with E-state index in [-0.39, 0.29) is 12.2 Å². The van der Waals surface area contributed by atoms with Gasteiger partial charge in [-0.15, -0.1) is 0 Å². The van der Waals surface area contributed by atoms with Crippen molar-refractivity contribution in [2.45, 2.75) is 33.4 Å². The number of carbonyl (C=O) groups is 1. The van der Waals surface area contributed by atoms with Crippen LogP contribution in [0.4, 0.5) is 0 Å². The third-order valence-corrected chi connectivity index (χ3v) is 5.94. The van der Waals surface area contributed by atoms with Gasteiger partial charge in [-0.2, -0.15) is 5.10 Å². The molecule has 8 heteroatoms. The molecule has 30 heavy (non-hydrogen) atoms. The van der Waals surface area contributed by atoms with Crippen LogP contribution in [0, 0.1) is 0 Å². The van der Waals surface area contributed by atoms with Crippen molar-refractivity contribution in [2.24, 2.45) is 4.99 Å². The van der Waals surface area contributed by atoms with E-state index in [0.29, 0.717) is 27.1 Å². The molecule has 1 atom stereocenters. The van der Waals surface area contributed by atoms with Gasteiger partial charge in [-0.25, -0.2) is 9.79 Å². The van der Waals surface area contributed by atoms with Crippen LogP contribution in [0.5, 0.6) is 0 Å². The van der Waals surface area contributed by atoms with Gasteiger partial charge in [-0.3, -0.25) is 14.0 Å². The lowest BCUT2D eigenvalue weighted by atomic mass is 9.96. The van der Waals surface area contributed by atoms with Crippen LogP contribution < -0.4 is 14.9 Å². The summed E-state index contributed by atoms with van der Waals surface area (Å²) in [5, 5.41) is 4.26. The highest BCUT2D eigenvalue weighted by atomic mass is 32.1. The molecule has 1 aliphatic rings. The highest BCUT2D eigenvalue weighted by Crippen LogP contribution is 2.30. The van der Waals surface area contributed by atoms with Crippen molar-refractivity contribution in [2.75, 3.05) is 6.61 Å². The lowest BCUT2D eigenvalue weighted by Gasteiger charge is -2.24. The molecule has 3 heterocycles. The number of rotatable bonds is 5. The van der Waals surface area contributed by atoms with Crippen LogP contribution in [0.3, 0.4) is 0 Å². The van der Waals surface area contributed by atoms with Gasteiger partial charge in [0.2, 0.25) is 0 Å². The van der Waals surface area contributed by atoms with Crippen molar-refractivity contribution < 1.29 is 9.53 Å². The van der Waals surface area contributed by atoms with Crippen LogP contribution in [0.2, 0.25) is 0 Å². The van der Waals surface area contributed by atoms with Crippen molar-refractivity contribution in [3.63, 3.8) is 0 Å². The number of aryl methyl sites for hydroxylation is 1. The SMILES string of the molecule is CCOC(=O)C1=C(C)N=c2s/c(=C/c3ccnn3CC)c(=O)n2C1c1ccccc1. The maximum absolute atomic E-state index is 13.4. The average Bonchev–Trinajstić information content (AvgIpc) is 3.32. The zero-order valence-electron chi connectivity index (χ0n) is 17.0. The topological polar surface area (TPSA) is 78.5 Å². The Kier molecular flexibility index (Phi) is 5.50. The number of fused-ring (bicyclic) bond motifs is 1. The van der Waals surface area contributed by atoms with Crippen LogP contribution >= 0.6 is 11.3 Å². The molecule has 0 bridgehead atoms. The molecule has 2 aromatic heterocycles. The van der Waals surface area contributed by atoms with E-state index in [1.807, 2.05) is 54.1 Å². The number of carbonyl (C=O) groups excluding carboxylic acids is 1. The van der Waals surface area contributed by atoms with Gasteiger partial charge in [-0.1, -0.05) is 41.7 Å². The summed E-state index contributed by atoms with van der Waals surface area (Å²) in [6.07, 6.45) is 3.54. The summed E-state index contributed by atoms with van der Waals surface area (Å²) in [6, 6.07) is 10.8. The Morgan fingerprint density at radius 1 is 1.23 bits per heavy atom. The van der Waals surface area contributed by atoms with E-state index in [0.717, 1.165) is 11.3 Å². The molecule has 0 spiro atoms. The molecule has 0 N–H and O–H groups in total. The number of benzene rings is 1. The lowest BCUT2D eigenvalue weighted by molar-refractivity contribution is -0.139. The number of ether oxygens (including phenoxy) is 1. The van der Waals surface area contributed by atoms with Gasteiger partial charge in [0.05, 0.1) is 34.1 Å².